The predicted molar refractivity (Wildman–Crippen MR) is 73.4 cm³/mol. The quantitative estimate of drug-likeness (QED) is 0.817. The molecule has 1 N–H and O–H groups in total. The summed E-state index contributed by atoms with van der Waals surface area (Å²) in [5.41, 5.74) is 0.619. The van der Waals surface area contributed by atoms with E-state index in [9.17, 15) is 9.59 Å². The minimum absolute atomic E-state index is 0.0527. The van der Waals surface area contributed by atoms with Gasteiger partial charge in [0.15, 0.2) is 6.61 Å². The first-order valence-corrected chi connectivity index (χ1v) is 6.74. The Bertz CT molecular complexity index is 559. The van der Waals surface area contributed by atoms with Crippen molar-refractivity contribution in [1.82, 2.24) is 5.32 Å². The second-order valence-corrected chi connectivity index (χ2v) is 4.71. The number of nitrogens with zero attached hydrogens (tertiary/aromatic N) is 1. The van der Waals surface area contributed by atoms with Crippen LogP contribution in [0.25, 0.3) is 0 Å². The highest BCUT2D eigenvalue weighted by atomic mass is 16.5. The van der Waals surface area contributed by atoms with Gasteiger partial charge in [-0.3, -0.25) is 4.79 Å². The molecule has 6 heteroatoms. The van der Waals surface area contributed by atoms with Crippen LogP contribution in [0.3, 0.4) is 0 Å². The predicted octanol–water partition coefficient (Wildman–Crippen LogP) is 1.01. The van der Waals surface area contributed by atoms with Crippen LogP contribution in [0.1, 0.15) is 28.8 Å². The largest absolute Gasteiger partial charge is 0.452 e. The number of nitrogens with one attached hydrogen (secondary N) is 1. The molecule has 1 aromatic rings. The number of nitriles is 1. The molecule has 0 radical (unpaired) electrons. The van der Waals surface area contributed by atoms with Gasteiger partial charge in [0.05, 0.1) is 23.3 Å². The van der Waals surface area contributed by atoms with Crippen LogP contribution in [-0.4, -0.2) is 37.7 Å². The summed E-state index contributed by atoms with van der Waals surface area (Å²) in [6, 6.07) is 8.07. The van der Waals surface area contributed by atoms with Crippen LogP contribution in [-0.2, 0) is 14.3 Å². The summed E-state index contributed by atoms with van der Waals surface area (Å²) in [6.07, 6.45) is 1.99. The maximum Gasteiger partial charge on any atom is 0.338 e. The molecule has 1 fully saturated rings. The third-order valence-corrected chi connectivity index (χ3v) is 3.11. The Kier molecular flexibility index (Phi) is 5.29. The maximum atomic E-state index is 11.7. The normalized spacial score (nSPS) is 17.0. The van der Waals surface area contributed by atoms with Crippen molar-refractivity contribution in [3.63, 3.8) is 0 Å². The number of hydrogen-bond donors (Lipinski definition) is 1. The fraction of sp³-hybridized carbons (Fsp3) is 0.400. The van der Waals surface area contributed by atoms with E-state index in [1.165, 1.54) is 12.1 Å². The number of esters is 1. The van der Waals surface area contributed by atoms with Crippen molar-refractivity contribution in [3.8, 4) is 6.07 Å². The van der Waals surface area contributed by atoms with Crippen LogP contribution in [0.4, 0.5) is 0 Å². The fourth-order valence-electron chi connectivity index (χ4n) is 2.01. The molecule has 0 unspecified atom stereocenters. The van der Waals surface area contributed by atoms with E-state index in [4.69, 9.17) is 14.7 Å². The highest BCUT2D eigenvalue weighted by Crippen LogP contribution is 2.10. The molecular formula is C15H16N2O4. The van der Waals surface area contributed by atoms with Gasteiger partial charge in [-0.25, -0.2) is 4.79 Å². The van der Waals surface area contributed by atoms with E-state index in [0.29, 0.717) is 12.1 Å². The summed E-state index contributed by atoms with van der Waals surface area (Å²) in [5.74, 6) is -0.991. The topological polar surface area (TPSA) is 88.4 Å². The standard InChI is InChI=1S/C15H16N2O4/c16-8-11-3-1-4-12(7-11)15(19)21-10-14(18)17-9-13-5-2-6-20-13/h1,3-4,7,13H,2,5-6,9-10H2,(H,17,18)/t13-/m0/s1. The lowest BCUT2D eigenvalue weighted by Gasteiger charge is -2.11. The van der Waals surface area contributed by atoms with E-state index >= 15 is 0 Å². The summed E-state index contributed by atoms with van der Waals surface area (Å²) in [4.78, 5) is 23.3. The van der Waals surface area contributed by atoms with Gasteiger partial charge < -0.3 is 14.8 Å². The number of amides is 1. The smallest absolute Gasteiger partial charge is 0.338 e. The van der Waals surface area contributed by atoms with E-state index in [2.05, 4.69) is 5.32 Å². The third-order valence-electron chi connectivity index (χ3n) is 3.11. The molecule has 1 heterocycles. The number of ether oxygens (including phenoxy) is 2. The lowest BCUT2D eigenvalue weighted by atomic mass is 10.1. The second kappa shape index (κ2) is 7.41. The van der Waals surface area contributed by atoms with Gasteiger partial charge in [0.2, 0.25) is 0 Å². The first-order valence-electron chi connectivity index (χ1n) is 6.74. The summed E-state index contributed by atoms with van der Waals surface area (Å²) in [5, 5.41) is 11.4. The molecule has 1 atom stereocenters. The van der Waals surface area contributed by atoms with Crippen LogP contribution in [0.15, 0.2) is 24.3 Å². The molecule has 0 aliphatic carbocycles. The van der Waals surface area contributed by atoms with E-state index in [1.807, 2.05) is 6.07 Å². The maximum absolute atomic E-state index is 11.7. The molecule has 1 aromatic carbocycles. The first kappa shape index (κ1) is 15.0. The van der Waals surface area contributed by atoms with Crippen molar-refractivity contribution in [2.24, 2.45) is 0 Å². The van der Waals surface area contributed by atoms with Crippen molar-refractivity contribution in [2.45, 2.75) is 18.9 Å². The zero-order chi connectivity index (χ0) is 15.1. The van der Waals surface area contributed by atoms with Gasteiger partial charge in [0.1, 0.15) is 0 Å². The van der Waals surface area contributed by atoms with Crippen molar-refractivity contribution in [1.29, 1.82) is 5.26 Å². The lowest BCUT2D eigenvalue weighted by Crippen LogP contribution is -2.34. The monoisotopic (exact) mass is 288 g/mol. The van der Waals surface area contributed by atoms with Crippen molar-refractivity contribution < 1.29 is 19.1 Å². The van der Waals surface area contributed by atoms with Crippen LogP contribution in [0, 0.1) is 11.3 Å². The van der Waals surface area contributed by atoms with Crippen LogP contribution in [0.2, 0.25) is 0 Å². The molecule has 6 nitrogen and oxygen atoms in total. The number of carbonyl (C=O) groups excluding carboxylic acids is 2. The Morgan fingerprint density at radius 1 is 1.48 bits per heavy atom. The van der Waals surface area contributed by atoms with Crippen LogP contribution in [0.5, 0.6) is 0 Å². The lowest BCUT2D eigenvalue weighted by molar-refractivity contribution is -0.124. The molecule has 0 aromatic heterocycles. The minimum Gasteiger partial charge on any atom is -0.452 e. The highest BCUT2D eigenvalue weighted by Gasteiger charge is 2.17. The Morgan fingerprint density at radius 3 is 3.05 bits per heavy atom. The number of benzene rings is 1. The van der Waals surface area contributed by atoms with Crippen LogP contribution < -0.4 is 5.32 Å². The van der Waals surface area contributed by atoms with Gasteiger partial charge in [0, 0.05) is 13.2 Å². The zero-order valence-corrected chi connectivity index (χ0v) is 11.5. The molecule has 1 saturated heterocycles. The van der Waals surface area contributed by atoms with E-state index in [-0.39, 0.29) is 24.2 Å². The number of carbonyl (C=O) groups is 2. The van der Waals surface area contributed by atoms with Crippen molar-refractivity contribution >= 4 is 11.9 Å². The Hall–Kier alpha value is -2.39. The van der Waals surface area contributed by atoms with E-state index in [0.717, 1.165) is 19.4 Å². The fourth-order valence-corrected chi connectivity index (χ4v) is 2.01. The van der Waals surface area contributed by atoms with Crippen molar-refractivity contribution in [2.75, 3.05) is 19.8 Å². The Morgan fingerprint density at radius 2 is 2.33 bits per heavy atom. The third kappa shape index (κ3) is 4.58. The van der Waals surface area contributed by atoms with Crippen LogP contribution >= 0.6 is 0 Å². The minimum atomic E-state index is -0.626. The van der Waals surface area contributed by atoms with Crippen molar-refractivity contribution in [3.05, 3.63) is 35.4 Å². The molecule has 1 aliphatic rings. The number of rotatable bonds is 5. The Labute approximate surface area is 122 Å². The average Bonchev–Trinajstić information content (AvgIpc) is 3.04. The first-order chi connectivity index (χ1) is 10.2. The number of hydrogen-bond acceptors (Lipinski definition) is 5. The van der Waals surface area contributed by atoms with Gasteiger partial charge in [-0.1, -0.05) is 6.07 Å². The van der Waals surface area contributed by atoms with E-state index < -0.39 is 5.97 Å². The van der Waals surface area contributed by atoms with Gasteiger partial charge in [-0.05, 0) is 31.0 Å². The molecule has 1 amide bonds. The van der Waals surface area contributed by atoms with Gasteiger partial charge >= 0.3 is 5.97 Å². The summed E-state index contributed by atoms with van der Waals surface area (Å²) in [6.45, 7) is 0.813. The van der Waals surface area contributed by atoms with Gasteiger partial charge in [-0.15, -0.1) is 0 Å². The molecular weight excluding hydrogens is 272 g/mol. The molecule has 0 spiro atoms. The summed E-state index contributed by atoms with van der Waals surface area (Å²) >= 11 is 0. The average molecular weight is 288 g/mol. The zero-order valence-electron chi connectivity index (χ0n) is 11.5. The molecule has 2 rings (SSSR count). The molecule has 110 valence electrons. The summed E-state index contributed by atoms with van der Waals surface area (Å²) < 4.78 is 10.3. The SMILES string of the molecule is N#Cc1cccc(C(=O)OCC(=O)NC[C@@H]2CCCO2)c1. The van der Waals surface area contributed by atoms with Gasteiger partial charge in [0.25, 0.3) is 5.91 Å². The molecule has 21 heavy (non-hydrogen) atoms. The summed E-state index contributed by atoms with van der Waals surface area (Å²) in [7, 11) is 0. The highest BCUT2D eigenvalue weighted by molar-refractivity contribution is 5.91. The molecule has 0 bridgehead atoms. The molecule has 0 saturated carbocycles. The Balaban J connectivity index is 1.75. The van der Waals surface area contributed by atoms with E-state index in [1.54, 1.807) is 12.1 Å². The van der Waals surface area contributed by atoms with Gasteiger partial charge in [-0.2, -0.15) is 5.26 Å². The molecule has 1 aliphatic heterocycles. The second-order valence-electron chi connectivity index (χ2n) is 4.71.